The van der Waals surface area contributed by atoms with Crippen LogP contribution in [0.5, 0.6) is 0 Å². The molecule has 0 atom stereocenters. The summed E-state index contributed by atoms with van der Waals surface area (Å²) >= 11 is 12.6. The normalized spacial score (nSPS) is 11.6. The van der Waals surface area contributed by atoms with Crippen molar-refractivity contribution in [3.8, 4) is 0 Å². The minimum absolute atomic E-state index is 0.0580. The summed E-state index contributed by atoms with van der Waals surface area (Å²) in [6.45, 7) is 7.80. The zero-order valence-electron chi connectivity index (χ0n) is 14.3. The predicted molar refractivity (Wildman–Crippen MR) is 97.8 cm³/mol. The number of hydrogen-bond donors (Lipinski definition) is 1. The second kappa shape index (κ2) is 6.31. The molecule has 132 valence electrons. The maximum Gasteiger partial charge on any atom is 0.223 e. The molecule has 3 rings (SSSR count). The van der Waals surface area contributed by atoms with E-state index in [1.807, 2.05) is 20.8 Å². The van der Waals surface area contributed by atoms with Crippen LogP contribution in [0.15, 0.2) is 6.20 Å². The average molecular weight is 381 g/mol. The van der Waals surface area contributed by atoms with Gasteiger partial charge in [-0.05, 0) is 19.8 Å². The van der Waals surface area contributed by atoms with Gasteiger partial charge in [0.05, 0.1) is 16.1 Å². The van der Waals surface area contributed by atoms with Crippen LogP contribution in [-0.4, -0.2) is 19.7 Å². The molecule has 0 bridgehead atoms. The van der Waals surface area contributed by atoms with Crippen LogP contribution in [-0.2, 0) is 6.54 Å². The molecule has 3 aromatic rings. The Balaban J connectivity index is 2.23. The third-order valence-corrected chi connectivity index (χ3v) is 4.98. The molecule has 0 aliphatic carbocycles. The first-order valence-electron chi connectivity index (χ1n) is 7.77. The Hall–Kier alpha value is -2.12. The van der Waals surface area contributed by atoms with Crippen LogP contribution >= 0.6 is 23.2 Å². The number of nitrogens with zero attached hydrogens (tertiary/aromatic N) is 5. The highest BCUT2D eigenvalue weighted by Gasteiger charge is 2.23. The number of aromatic nitrogens is 5. The summed E-state index contributed by atoms with van der Waals surface area (Å²) in [6, 6.07) is 0. The molecule has 0 radical (unpaired) electrons. The number of halogens is 2. The second-order valence-corrected chi connectivity index (χ2v) is 7.03. The first-order chi connectivity index (χ1) is 11.7. The van der Waals surface area contributed by atoms with E-state index in [1.165, 1.54) is 6.20 Å². The number of anilines is 1. The van der Waals surface area contributed by atoms with Gasteiger partial charge < -0.3 is 10.9 Å². The summed E-state index contributed by atoms with van der Waals surface area (Å²) < 4.78 is 2.43. The highest BCUT2D eigenvalue weighted by atomic mass is 35.5. The van der Waals surface area contributed by atoms with Crippen molar-refractivity contribution < 1.29 is 4.73 Å². The smallest absolute Gasteiger partial charge is 0.223 e. The molecule has 0 saturated carbocycles. The zero-order valence-corrected chi connectivity index (χ0v) is 15.9. The monoisotopic (exact) mass is 380 g/mol. The van der Waals surface area contributed by atoms with Crippen LogP contribution in [0.4, 0.5) is 5.95 Å². The summed E-state index contributed by atoms with van der Waals surface area (Å²) in [5, 5.41) is 18.4. The van der Waals surface area contributed by atoms with Crippen LogP contribution in [0.25, 0.3) is 11.0 Å². The lowest BCUT2D eigenvalue weighted by Gasteiger charge is -2.11. The third-order valence-electron chi connectivity index (χ3n) is 4.12. The van der Waals surface area contributed by atoms with E-state index < -0.39 is 0 Å². The van der Waals surface area contributed by atoms with Gasteiger partial charge in [-0.25, -0.2) is 9.67 Å². The molecule has 0 aromatic carbocycles. The molecule has 3 heterocycles. The van der Waals surface area contributed by atoms with E-state index >= 15 is 0 Å². The Kier molecular flexibility index (Phi) is 4.47. The molecule has 0 spiro atoms. The second-order valence-electron chi connectivity index (χ2n) is 6.29. The summed E-state index contributed by atoms with van der Waals surface area (Å²) in [5.74, 6) is 0.165. The number of pyridine rings is 1. The Bertz CT molecular complexity index is 983. The van der Waals surface area contributed by atoms with E-state index in [9.17, 15) is 5.21 Å². The van der Waals surface area contributed by atoms with Crippen molar-refractivity contribution in [1.29, 1.82) is 0 Å². The van der Waals surface area contributed by atoms with Gasteiger partial charge >= 0.3 is 0 Å². The lowest BCUT2D eigenvalue weighted by molar-refractivity contribution is -0.615. The summed E-state index contributed by atoms with van der Waals surface area (Å²) in [5.41, 5.74) is 8.92. The topological polar surface area (TPSA) is 96.6 Å². The van der Waals surface area contributed by atoms with Crippen LogP contribution in [0.1, 0.15) is 42.3 Å². The lowest BCUT2D eigenvalue weighted by Crippen LogP contribution is -2.34. The van der Waals surface area contributed by atoms with Gasteiger partial charge in [0.2, 0.25) is 11.6 Å². The molecule has 7 nitrogen and oxygen atoms in total. The zero-order chi connectivity index (χ0) is 18.5. The maximum absolute atomic E-state index is 12.4. The number of nitrogen functional groups attached to an aromatic ring is 1. The molecule has 0 saturated heterocycles. The van der Waals surface area contributed by atoms with Crippen LogP contribution in [0.2, 0.25) is 10.2 Å². The van der Waals surface area contributed by atoms with Crippen LogP contribution < -0.4 is 10.5 Å². The van der Waals surface area contributed by atoms with Gasteiger partial charge in [0.15, 0.2) is 11.8 Å². The van der Waals surface area contributed by atoms with Crippen LogP contribution in [0, 0.1) is 19.1 Å². The quantitative estimate of drug-likeness (QED) is 0.427. The molecule has 0 unspecified atom stereocenters. The number of rotatable bonds is 3. The molecule has 0 amide bonds. The van der Waals surface area contributed by atoms with Crippen LogP contribution in [0.3, 0.4) is 0 Å². The molecule has 25 heavy (non-hydrogen) atoms. The Labute approximate surface area is 155 Å². The molecule has 0 aliphatic rings. The van der Waals surface area contributed by atoms with E-state index in [4.69, 9.17) is 28.9 Å². The molecule has 0 fully saturated rings. The van der Waals surface area contributed by atoms with Crippen molar-refractivity contribution in [2.75, 3.05) is 5.73 Å². The molecule has 3 aromatic heterocycles. The fraction of sp³-hybridized carbons (Fsp3) is 0.375. The Morgan fingerprint density at radius 3 is 2.60 bits per heavy atom. The third kappa shape index (κ3) is 2.98. The van der Waals surface area contributed by atoms with Crippen molar-refractivity contribution in [3.63, 3.8) is 0 Å². The molecular formula is C16H18Cl2N6O. The standard InChI is InChI=1S/C16H18Cl2N6O/c1-7(2)13-11-14(18)20-16(19)21-15(11)23(22-13)6-10-9(4)12(17)8(3)5-24(10)25/h5,7H,6H2,1-4H3,(H2,19,20,21). The minimum Gasteiger partial charge on any atom is -0.618 e. The number of hydrogen-bond acceptors (Lipinski definition) is 5. The molecular weight excluding hydrogens is 363 g/mol. The summed E-state index contributed by atoms with van der Waals surface area (Å²) in [4.78, 5) is 8.29. The average Bonchev–Trinajstić information content (AvgIpc) is 2.88. The minimum atomic E-state index is 0.0580. The van der Waals surface area contributed by atoms with Crippen molar-refractivity contribution in [3.05, 3.63) is 44.1 Å². The van der Waals surface area contributed by atoms with Crippen molar-refractivity contribution >= 4 is 40.2 Å². The first kappa shape index (κ1) is 17.7. The summed E-state index contributed by atoms with van der Waals surface area (Å²) in [6.07, 6.45) is 1.45. The molecule has 2 N–H and O–H groups in total. The van der Waals surface area contributed by atoms with Crippen molar-refractivity contribution in [2.45, 2.75) is 40.2 Å². The number of fused-ring (bicyclic) bond motifs is 1. The largest absolute Gasteiger partial charge is 0.618 e. The van der Waals surface area contributed by atoms with Gasteiger partial charge in [0.25, 0.3) is 0 Å². The van der Waals surface area contributed by atoms with Gasteiger partial charge in [0, 0.05) is 11.1 Å². The van der Waals surface area contributed by atoms with Gasteiger partial charge in [-0.3, -0.25) is 0 Å². The van der Waals surface area contributed by atoms with E-state index in [0.29, 0.717) is 27.3 Å². The maximum atomic E-state index is 12.4. The SMILES string of the molecule is Cc1c[n+]([O-])c(Cn2nc(C(C)C)c3c(Cl)nc(N)nc32)c(C)c1Cl. The van der Waals surface area contributed by atoms with E-state index in [1.54, 1.807) is 11.6 Å². The van der Waals surface area contributed by atoms with Gasteiger partial charge in [-0.2, -0.15) is 14.8 Å². The van der Waals surface area contributed by atoms with E-state index in [-0.39, 0.29) is 23.6 Å². The van der Waals surface area contributed by atoms with Gasteiger partial charge in [-0.1, -0.05) is 37.0 Å². The fourth-order valence-corrected chi connectivity index (χ4v) is 3.24. The number of aryl methyl sites for hydroxylation is 1. The fourth-order valence-electron chi connectivity index (χ4n) is 2.82. The van der Waals surface area contributed by atoms with E-state index in [2.05, 4.69) is 15.1 Å². The molecule has 0 aliphatic heterocycles. The van der Waals surface area contributed by atoms with E-state index in [0.717, 1.165) is 16.0 Å². The lowest BCUT2D eigenvalue weighted by atomic mass is 10.1. The predicted octanol–water partition coefficient (Wildman–Crippen LogP) is 3.14. The highest BCUT2D eigenvalue weighted by molar-refractivity contribution is 6.34. The van der Waals surface area contributed by atoms with Crippen molar-refractivity contribution in [2.24, 2.45) is 0 Å². The Morgan fingerprint density at radius 1 is 1.28 bits per heavy atom. The summed E-state index contributed by atoms with van der Waals surface area (Å²) in [7, 11) is 0. The number of nitrogens with two attached hydrogens (primary N) is 1. The van der Waals surface area contributed by atoms with Gasteiger partial charge in [-0.15, -0.1) is 0 Å². The molecule has 9 heteroatoms. The Morgan fingerprint density at radius 2 is 1.96 bits per heavy atom. The van der Waals surface area contributed by atoms with Crippen molar-refractivity contribution in [1.82, 2.24) is 19.7 Å². The van der Waals surface area contributed by atoms with Gasteiger partial charge in [0.1, 0.15) is 11.7 Å². The first-order valence-corrected chi connectivity index (χ1v) is 8.53. The highest BCUT2D eigenvalue weighted by Crippen LogP contribution is 2.30.